The lowest BCUT2D eigenvalue weighted by molar-refractivity contribution is -0.136. The molecule has 0 radical (unpaired) electrons. The van der Waals surface area contributed by atoms with Crippen molar-refractivity contribution in [3.05, 3.63) is 59.1 Å². The standard InChI is InChI=1S/C20H15F2NO5S/c1-26-16-10-12(6-7-15(16)28-20(21)22)14(24)11-27-19(25)9-8-18-23-13-4-2-3-5-17(13)29-18/h2-10,20H,11H2,1H3/b9-8+. The van der Waals surface area contributed by atoms with E-state index in [0.29, 0.717) is 5.01 Å². The van der Waals surface area contributed by atoms with E-state index in [0.717, 1.165) is 10.2 Å². The maximum atomic E-state index is 12.3. The van der Waals surface area contributed by atoms with Crippen molar-refractivity contribution in [3.8, 4) is 11.5 Å². The second-order valence-electron chi connectivity index (χ2n) is 5.63. The molecule has 3 rings (SSSR count). The SMILES string of the molecule is COc1cc(C(=O)COC(=O)/C=C/c2nc3ccccc3s2)ccc1OC(F)F. The Hall–Kier alpha value is -3.33. The summed E-state index contributed by atoms with van der Waals surface area (Å²) in [5.41, 5.74) is 0.959. The van der Waals surface area contributed by atoms with Crippen LogP contribution >= 0.6 is 11.3 Å². The number of aromatic nitrogens is 1. The molecule has 0 aliphatic rings. The Balaban J connectivity index is 1.58. The summed E-state index contributed by atoms with van der Waals surface area (Å²) < 4.78 is 39.9. The first-order chi connectivity index (χ1) is 14.0. The predicted molar refractivity (Wildman–Crippen MR) is 104 cm³/mol. The van der Waals surface area contributed by atoms with E-state index in [-0.39, 0.29) is 17.1 Å². The number of carbonyl (C=O) groups excluding carboxylic acids is 2. The minimum Gasteiger partial charge on any atom is -0.493 e. The van der Waals surface area contributed by atoms with Crippen LogP contribution in [-0.4, -0.2) is 37.1 Å². The molecule has 0 amide bonds. The third kappa shape index (κ3) is 5.35. The molecule has 9 heteroatoms. The molecule has 2 aromatic carbocycles. The number of hydrogen-bond donors (Lipinski definition) is 0. The number of fused-ring (bicyclic) bond motifs is 1. The number of carbonyl (C=O) groups is 2. The molecule has 3 aromatic rings. The Morgan fingerprint density at radius 3 is 2.69 bits per heavy atom. The number of ether oxygens (including phenoxy) is 3. The molecule has 6 nitrogen and oxygen atoms in total. The molecule has 0 saturated heterocycles. The van der Waals surface area contributed by atoms with Gasteiger partial charge in [-0.2, -0.15) is 8.78 Å². The number of benzene rings is 2. The zero-order chi connectivity index (χ0) is 20.8. The van der Waals surface area contributed by atoms with Crippen molar-refractivity contribution in [2.45, 2.75) is 6.61 Å². The van der Waals surface area contributed by atoms with Gasteiger partial charge >= 0.3 is 12.6 Å². The summed E-state index contributed by atoms with van der Waals surface area (Å²) in [7, 11) is 1.26. The summed E-state index contributed by atoms with van der Waals surface area (Å²) in [5, 5.41) is 0.633. The zero-order valence-electron chi connectivity index (χ0n) is 15.1. The fraction of sp³-hybridized carbons (Fsp3) is 0.150. The number of Topliss-reactive ketones (excluding diaryl/α,β-unsaturated/α-hetero) is 1. The Labute approximate surface area is 168 Å². The molecule has 0 spiro atoms. The van der Waals surface area contributed by atoms with Gasteiger partial charge in [0.05, 0.1) is 17.3 Å². The van der Waals surface area contributed by atoms with Crippen molar-refractivity contribution in [1.29, 1.82) is 0 Å². The summed E-state index contributed by atoms with van der Waals surface area (Å²) in [6.07, 6.45) is 2.70. The van der Waals surface area contributed by atoms with E-state index in [1.54, 1.807) is 0 Å². The molecule has 0 saturated carbocycles. The van der Waals surface area contributed by atoms with Gasteiger partial charge in [0, 0.05) is 11.6 Å². The van der Waals surface area contributed by atoms with Gasteiger partial charge < -0.3 is 14.2 Å². The van der Waals surface area contributed by atoms with Crippen molar-refractivity contribution in [1.82, 2.24) is 4.98 Å². The summed E-state index contributed by atoms with van der Waals surface area (Å²) in [6, 6.07) is 11.3. The van der Waals surface area contributed by atoms with E-state index in [1.165, 1.54) is 48.8 Å². The molecular formula is C20H15F2NO5S. The molecular weight excluding hydrogens is 404 g/mol. The lowest BCUT2D eigenvalue weighted by Crippen LogP contribution is -2.13. The van der Waals surface area contributed by atoms with Crippen LogP contribution in [0, 0.1) is 0 Å². The molecule has 0 aliphatic carbocycles. The van der Waals surface area contributed by atoms with Crippen LogP contribution < -0.4 is 9.47 Å². The predicted octanol–water partition coefficient (Wildman–Crippen LogP) is 4.35. The maximum Gasteiger partial charge on any atom is 0.387 e. The molecule has 0 atom stereocenters. The number of methoxy groups -OCH3 is 1. The fourth-order valence-corrected chi connectivity index (χ4v) is 3.27. The van der Waals surface area contributed by atoms with Crippen molar-refractivity contribution < 1.29 is 32.6 Å². The number of para-hydroxylation sites is 1. The highest BCUT2D eigenvalue weighted by atomic mass is 32.1. The van der Waals surface area contributed by atoms with Crippen LogP contribution in [0.2, 0.25) is 0 Å². The molecule has 0 bridgehead atoms. The minimum absolute atomic E-state index is 0.0294. The van der Waals surface area contributed by atoms with E-state index in [1.807, 2.05) is 24.3 Å². The van der Waals surface area contributed by atoms with E-state index >= 15 is 0 Å². The number of esters is 1. The number of alkyl halides is 2. The van der Waals surface area contributed by atoms with Crippen molar-refractivity contribution in [2.24, 2.45) is 0 Å². The first kappa shape index (κ1) is 20.4. The van der Waals surface area contributed by atoms with Crippen LogP contribution in [0.5, 0.6) is 11.5 Å². The summed E-state index contributed by atoms with van der Waals surface area (Å²) >= 11 is 1.42. The zero-order valence-corrected chi connectivity index (χ0v) is 15.9. The minimum atomic E-state index is -3.02. The van der Waals surface area contributed by atoms with Crippen LogP contribution in [0.3, 0.4) is 0 Å². The summed E-state index contributed by atoms with van der Waals surface area (Å²) in [5.74, 6) is -1.45. The number of rotatable bonds is 8. The van der Waals surface area contributed by atoms with Crippen LogP contribution in [0.1, 0.15) is 15.4 Å². The highest BCUT2D eigenvalue weighted by molar-refractivity contribution is 7.19. The molecule has 150 valence electrons. The topological polar surface area (TPSA) is 74.7 Å². The number of thiazole rings is 1. The molecule has 0 fully saturated rings. The van der Waals surface area contributed by atoms with Gasteiger partial charge in [0.25, 0.3) is 0 Å². The van der Waals surface area contributed by atoms with Crippen LogP contribution in [0.15, 0.2) is 48.5 Å². The monoisotopic (exact) mass is 419 g/mol. The van der Waals surface area contributed by atoms with E-state index in [4.69, 9.17) is 9.47 Å². The third-order valence-corrected chi connectivity index (χ3v) is 4.72. The van der Waals surface area contributed by atoms with E-state index in [2.05, 4.69) is 9.72 Å². The average molecular weight is 419 g/mol. The van der Waals surface area contributed by atoms with Gasteiger partial charge in [-0.05, 0) is 36.4 Å². The van der Waals surface area contributed by atoms with Gasteiger partial charge in [-0.25, -0.2) is 9.78 Å². The van der Waals surface area contributed by atoms with Crippen molar-refractivity contribution in [3.63, 3.8) is 0 Å². The van der Waals surface area contributed by atoms with Gasteiger partial charge in [0.1, 0.15) is 5.01 Å². The Kier molecular flexibility index (Phi) is 6.50. The molecule has 1 aromatic heterocycles. The highest BCUT2D eigenvalue weighted by Crippen LogP contribution is 2.29. The van der Waals surface area contributed by atoms with Gasteiger partial charge in [-0.3, -0.25) is 4.79 Å². The Bertz CT molecular complexity index is 1030. The van der Waals surface area contributed by atoms with Gasteiger partial charge in [0.15, 0.2) is 23.9 Å². The van der Waals surface area contributed by atoms with E-state index in [9.17, 15) is 18.4 Å². The first-order valence-corrected chi connectivity index (χ1v) is 9.14. The van der Waals surface area contributed by atoms with Gasteiger partial charge in [-0.1, -0.05) is 12.1 Å². The average Bonchev–Trinajstić information content (AvgIpc) is 3.13. The summed E-state index contributed by atoms with van der Waals surface area (Å²) in [4.78, 5) is 28.4. The Morgan fingerprint density at radius 1 is 1.17 bits per heavy atom. The third-order valence-electron chi connectivity index (χ3n) is 3.72. The van der Waals surface area contributed by atoms with Crippen LogP contribution in [0.4, 0.5) is 8.78 Å². The normalized spacial score (nSPS) is 11.2. The fourth-order valence-electron chi connectivity index (χ4n) is 2.40. The molecule has 0 N–H and O–H groups in total. The summed E-state index contributed by atoms with van der Waals surface area (Å²) in [6.45, 7) is -3.53. The lowest BCUT2D eigenvalue weighted by Gasteiger charge is -2.11. The largest absolute Gasteiger partial charge is 0.493 e. The molecule has 1 heterocycles. The second-order valence-corrected chi connectivity index (χ2v) is 6.69. The quantitative estimate of drug-likeness (QED) is 0.307. The number of halogens is 2. The maximum absolute atomic E-state index is 12.3. The van der Waals surface area contributed by atoms with Gasteiger partial charge in [0.2, 0.25) is 0 Å². The molecule has 0 aliphatic heterocycles. The number of nitrogens with zero attached hydrogens (tertiary/aromatic N) is 1. The Morgan fingerprint density at radius 2 is 1.97 bits per heavy atom. The molecule has 0 unspecified atom stereocenters. The smallest absolute Gasteiger partial charge is 0.387 e. The van der Waals surface area contributed by atoms with Crippen LogP contribution in [-0.2, 0) is 9.53 Å². The van der Waals surface area contributed by atoms with Crippen LogP contribution in [0.25, 0.3) is 16.3 Å². The number of ketones is 1. The van der Waals surface area contributed by atoms with E-state index < -0.39 is 25.0 Å². The first-order valence-electron chi connectivity index (χ1n) is 8.32. The van der Waals surface area contributed by atoms with Crippen molar-refractivity contribution >= 4 is 39.4 Å². The lowest BCUT2D eigenvalue weighted by atomic mass is 10.1. The second kappa shape index (κ2) is 9.24. The highest BCUT2D eigenvalue weighted by Gasteiger charge is 2.15. The number of hydrogen-bond acceptors (Lipinski definition) is 7. The van der Waals surface area contributed by atoms with Gasteiger partial charge in [-0.15, -0.1) is 11.3 Å². The van der Waals surface area contributed by atoms with Crippen molar-refractivity contribution in [2.75, 3.05) is 13.7 Å². The molecule has 29 heavy (non-hydrogen) atoms.